The topological polar surface area (TPSA) is 40.5 Å². The van der Waals surface area contributed by atoms with Gasteiger partial charge in [0.25, 0.3) is 5.91 Å². The van der Waals surface area contributed by atoms with Crippen molar-refractivity contribution in [2.45, 2.75) is 12.7 Å². The summed E-state index contributed by atoms with van der Waals surface area (Å²) in [5.41, 5.74) is 0.231. The SMILES string of the molecule is O=C(c1ccc(C(F)(F)F)cc1)N(CCO)Cc1ccccc1. The zero-order valence-corrected chi connectivity index (χ0v) is 12.3. The number of rotatable bonds is 5. The monoisotopic (exact) mass is 323 g/mol. The lowest BCUT2D eigenvalue weighted by Crippen LogP contribution is -2.33. The van der Waals surface area contributed by atoms with Gasteiger partial charge in [-0.25, -0.2) is 0 Å². The lowest BCUT2D eigenvalue weighted by molar-refractivity contribution is -0.137. The van der Waals surface area contributed by atoms with Gasteiger partial charge in [0.2, 0.25) is 0 Å². The molecular formula is C17H16F3NO2. The highest BCUT2D eigenvalue weighted by Gasteiger charge is 2.30. The third-order valence-corrected chi connectivity index (χ3v) is 3.33. The Labute approximate surface area is 132 Å². The quantitative estimate of drug-likeness (QED) is 0.917. The molecule has 0 spiro atoms. The summed E-state index contributed by atoms with van der Waals surface area (Å²) in [4.78, 5) is 13.8. The van der Waals surface area contributed by atoms with E-state index in [1.165, 1.54) is 4.90 Å². The van der Waals surface area contributed by atoms with Crippen LogP contribution in [-0.2, 0) is 12.7 Å². The van der Waals surface area contributed by atoms with Crippen LogP contribution in [0.1, 0.15) is 21.5 Å². The number of aliphatic hydroxyl groups excluding tert-OH is 1. The van der Waals surface area contributed by atoms with Gasteiger partial charge in [0, 0.05) is 18.7 Å². The molecule has 2 rings (SSSR count). The second-order valence-corrected chi connectivity index (χ2v) is 5.01. The van der Waals surface area contributed by atoms with Crippen LogP contribution in [0.4, 0.5) is 13.2 Å². The highest BCUT2D eigenvalue weighted by Crippen LogP contribution is 2.29. The highest BCUT2D eigenvalue weighted by atomic mass is 19.4. The minimum absolute atomic E-state index is 0.106. The minimum Gasteiger partial charge on any atom is -0.395 e. The Morgan fingerprint density at radius 3 is 2.13 bits per heavy atom. The van der Waals surface area contributed by atoms with E-state index < -0.39 is 17.6 Å². The Hall–Kier alpha value is -2.34. The maximum atomic E-state index is 12.6. The number of benzene rings is 2. The molecule has 3 nitrogen and oxygen atoms in total. The van der Waals surface area contributed by atoms with Crippen molar-refractivity contribution in [3.8, 4) is 0 Å². The van der Waals surface area contributed by atoms with Crippen molar-refractivity contribution in [3.05, 3.63) is 71.3 Å². The smallest absolute Gasteiger partial charge is 0.395 e. The molecule has 0 saturated carbocycles. The first-order valence-corrected chi connectivity index (χ1v) is 7.03. The van der Waals surface area contributed by atoms with E-state index in [1.54, 1.807) is 0 Å². The first-order chi connectivity index (χ1) is 10.9. The minimum atomic E-state index is -4.43. The van der Waals surface area contributed by atoms with Crippen molar-refractivity contribution in [2.75, 3.05) is 13.2 Å². The Morgan fingerprint density at radius 2 is 1.61 bits per heavy atom. The van der Waals surface area contributed by atoms with Crippen LogP contribution in [0, 0.1) is 0 Å². The van der Waals surface area contributed by atoms with Gasteiger partial charge < -0.3 is 10.0 Å². The van der Waals surface area contributed by atoms with E-state index >= 15 is 0 Å². The van der Waals surface area contributed by atoms with E-state index in [9.17, 15) is 18.0 Å². The number of amides is 1. The predicted molar refractivity (Wildman–Crippen MR) is 79.7 cm³/mol. The molecule has 0 atom stereocenters. The molecular weight excluding hydrogens is 307 g/mol. The molecule has 0 unspecified atom stereocenters. The largest absolute Gasteiger partial charge is 0.416 e. The van der Waals surface area contributed by atoms with Gasteiger partial charge in [-0.1, -0.05) is 30.3 Å². The number of aliphatic hydroxyl groups is 1. The molecule has 6 heteroatoms. The van der Waals surface area contributed by atoms with Gasteiger partial charge in [-0.15, -0.1) is 0 Å². The van der Waals surface area contributed by atoms with Crippen LogP contribution in [0.2, 0.25) is 0 Å². The molecule has 23 heavy (non-hydrogen) atoms. The van der Waals surface area contributed by atoms with Gasteiger partial charge in [0.15, 0.2) is 0 Å². The second-order valence-electron chi connectivity index (χ2n) is 5.01. The van der Waals surface area contributed by atoms with Crippen molar-refractivity contribution in [1.29, 1.82) is 0 Å². The molecule has 0 fully saturated rings. The van der Waals surface area contributed by atoms with E-state index in [0.717, 1.165) is 29.8 Å². The molecule has 0 radical (unpaired) electrons. The van der Waals surface area contributed by atoms with E-state index in [2.05, 4.69) is 0 Å². The third-order valence-electron chi connectivity index (χ3n) is 3.33. The summed E-state index contributed by atoms with van der Waals surface area (Å²) >= 11 is 0. The fourth-order valence-electron chi connectivity index (χ4n) is 2.16. The molecule has 2 aromatic rings. The lowest BCUT2D eigenvalue weighted by Gasteiger charge is -2.22. The fourth-order valence-corrected chi connectivity index (χ4v) is 2.16. The van der Waals surface area contributed by atoms with Crippen molar-refractivity contribution in [2.24, 2.45) is 0 Å². The molecule has 1 amide bonds. The summed E-state index contributed by atoms with van der Waals surface area (Å²) in [6, 6.07) is 13.2. The van der Waals surface area contributed by atoms with Gasteiger partial charge in [-0.05, 0) is 29.8 Å². The Morgan fingerprint density at radius 1 is 1.00 bits per heavy atom. The lowest BCUT2D eigenvalue weighted by atomic mass is 10.1. The number of hydrogen-bond acceptors (Lipinski definition) is 2. The molecule has 0 aliphatic carbocycles. The summed E-state index contributed by atoms with van der Waals surface area (Å²) in [5.74, 6) is -0.420. The summed E-state index contributed by atoms with van der Waals surface area (Å²) in [6.07, 6.45) is -4.43. The van der Waals surface area contributed by atoms with E-state index in [-0.39, 0.29) is 25.3 Å². The third kappa shape index (κ3) is 4.56. The number of hydrogen-bond donors (Lipinski definition) is 1. The molecule has 2 aromatic carbocycles. The van der Waals surface area contributed by atoms with Crippen molar-refractivity contribution < 1.29 is 23.1 Å². The maximum absolute atomic E-state index is 12.6. The van der Waals surface area contributed by atoms with Crippen molar-refractivity contribution >= 4 is 5.91 Å². The Bertz CT molecular complexity index is 639. The van der Waals surface area contributed by atoms with Crippen LogP contribution in [-0.4, -0.2) is 29.1 Å². The maximum Gasteiger partial charge on any atom is 0.416 e. The Balaban J connectivity index is 2.17. The van der Waals surface area contributed by atoms with Crippen molar-refractivity contribution in [1.82, 2.24) is 4.90 Å². The first-order valence-electron chi connectivity index (χ1n) is 7.03. The highest BCUT2D eigenvalue weighted by molar-refractivity contribution is 5.94. The van der Waals surface area contributed by atoms with Crippen LogP contribution in [0.3, 0.4) is 0 Å². The summed E-state index contributed by atoms with van der Waals surface area (Å²) in [6.45, 7) is 0.162. The summed E-state index contributed by atoms with van der Waals surface area (Å²) in [7, 11) is 0. The van der Waals surface area contributed by atoms with Gasteiger partial charge in [0.05, 0.1) is 12.2 Å². The second kappa shape index (κ2) is 7.28. The summed E-state index contributed by atoms with van der Waals surface area (Å²) in [5, 5.41) is 9.12. The molecule has 0 aliphatic rings. The standard InChI is InChI=1S/C17H16F3NO2/c18-17(19,20)15-8-6-14(7-9-15)16(23)21(10-11-22)12-13-4-2-1-3-5-13/h1-9,22H,10-12H2. The Kier molecular flexibility index (Phi) is 5.39. The summed E-state index contributed by atoms with van der Waals surface area (Å²) < 4.78 is 37.7. The average molecular weight is 323 g/mol. The number of alkyl halides is 3. The molecule has 122 valence electrons. The average Bonchev–Trinajstić information content (AvgIpc) is 2.54. The number of carbonyl (C=O) groups excluding carboxylic acids is 1. The van der Waals surface area contributed by atoms with Gasteiger partial charge in [0.1, 0.15) is 0 Å². The zero-order valence-electron chi connectivity index (χ0n) is 12.3. The van der Waals surface area contributed by atoms with Gasteiger partial charge in [-0.3, -0.25) is 4.79 Å². The molecule has 0 aliphatic heterocycles. The predicted octanol–water partition coefficient (Wildman–Crippen LogP) is 3.34. The van der Waals surface area contributed by atoms with E-state index in [0.29, 0.717) is 0 Å². The first kappa shape index (κ1) is 17.0. The molecule has 0 bridgehead atoms. The number of halogens is 3. The van der Waals surface area contributed by atoms with E-state index in [4.69, 9.17) is 5.11 Å². The van der Waals surface area contributed by atoms with Crippen LogP contribution >= 0.6 is 0 Å². The van der Waals surface area contributed by atoms with Crippen LogP contribution in [0.25, 0.3) is 0 Å². The van der Waals surface area contributed by atoms with Crippen LogP contribution in [0.15, 0.2) is 54.6 Å². The molecule has 1 N–H and O–H groups in total. The number of carbonyl (C=O) groups is 1. The van der Waals surface area contributed by atoms with Crippen LogP contribution in [0.5, 0.6) is 0 Å². The van der Waals surface area contributed by atoms with Crippen LogP contribution < -0.4 is 0 Å². The molecule has 0 heterocycles. The van der Waals surface area contributed by atoms with Gasteiger partial charge in [-0.2, -0.15) is 13.2 Å². The zero-order chi connectivity index (χ0) is 16.9. The molecule has 0 saturated heterocycles. The number of nitrogens with zero attached hydrogens (tertiary/aromatic N) is 1. The van der Waals surface area contributed by atoms with Gasteiger partial charge >= 0.3 is 6.18 Å². The normalized spacial score (nSPS) is 11.3. The fraction of sp³-hybridized carbons (Fsp3) is 0.235. The van der Waals surface area contributed by atoms with Crippen molar-refractivity contribution in [3.63, 3.8) is 0 Å². The van der Waals surface area contributed by atoms with E-state index in [1.807, 2.05) is 30.3 Å². The molecule has 0 aromatic heterocycles.